The minimum atomic E-state index is -1.43. The first kappa shape index (κ1) is 19.1. The lowest BCUT2D eigenvalue weighted by molar-refractivity contribution is -0.136. The first-order chi connectivity index (χ1) is 9.28. The Labute approximate surface area is 123 Å². The summed E-state index contributed by atoms with van der Waals surface area (Å²) in [6, 6.07) is 0. The van der Waals surface area contributed by atoms with E-state index in [0.717, 1.165) is 5.57 Å². The highest BCUT2D eigenvalue weighted by Crippen LogP contribution is 2.13. The van der Waals surface area contributed by atoms with E-state index in [1.54, 1.807) is 0 Å². The molecule has 116 valence electrons. The van der Waals surface area contributed by atoms with Gasteiger partial charge in [0.2, 0.25) is 0 Å². The van der Waals surface area contributed by atoms with Crippen LogP contribution in [0.3, 0.4) is 0 Å². The smallest absolute Gasteiger partial charge is 0.307 e. The zero-order valence-corrected chi connectivity index (χ0v) is 14.3. The molecule has 0 saturated heterocycles. The van der Waals surface area contributed by atoms with Gasteiger partial charge in [-0.25, -0.2) is 0 Å². The van der Waals surface area contributed by atoms with Crippen LogP contribution in [0, 0.1) is 0 Å². The van der Waals surface area contributed by atoms with Gasteiger partial charge >= 0.3 is 5.97 Å². The first-order valence-electron chi connectivity index (χ1n) is 7.11. The van der Waals surface area contributed by atoms with Crippen LogP contribution < -0.4 is 0 Å². The van der Waals surface area contributed by atoms with E-state index >= 15 is 0 Å². The summed E-state index contributed by atoms with van der Waals surface area (Å²) < 4.78 is 10.9. The van der Waals surface area contributed by atoms with Crippen LogP contribution in [-0.4, -0.2) is 38.7 Å². The molecule has 0 amide bonds. The molecular weight excluding hydrogens is 272 g/mol. The summed E-state index contributed by atoms with van der Waals surface area (Å²) in [5.74, 6) is -0.801. The van der Waals surface area contributed by atoms with Gasteiger partial charge < -0.3 is 14.6 Å². The number of hydrogen-bond acceptors (Lipinski definition) is 3. The van der Waals surface area contributed by atoms with E-state index < -0.39 is 14.0 Å². The second-order valence-electron chi connectivity index (χ2n) is 5.63. The number of aliphatic carboxylic acids is 1. The van der Waals surface area contributed by atoms with E-state index in [4.69, 9.17) is 14.6 Å². The maximum atomic E-state index is 10.9. The van der Waals surface area contributed by atoms with Crippen LogP contribution in [0.4, 0.5) is 0 Å². The highest BCUT2D eigenvalue weighted by Gasteiger charge is 2.12. The maximum absolute atomic E-state index is 10.9. The summed E-state index contributed by atoms with van der Waals surface area (Å²) in [4.78, 5) is 10.9. The lowest BCUT2D eigenvalue weighted by Gasteiger charge is -2.15. The van der Waals surface area contributed by atoms with Crippen LogP contribution in [0.25, 0.3) is 0 Å². The molecule has 0 unspecified atom stereocenters. The van der Waals surface area contributed by atoms with E-state index in [9.17, 15) is 4.79 Å². The van der Waals surface area contributed by atoms with Crippen molar-refractivity contribution < 1.29 is 19.4 Å². The maximum Gasteiger partial charge on any atom is 0.307 e. The summed E-state index contributed by atoms with van der Waals surface area (Å²) in [7, 11) is -1.43. The Hall–Kier alpha value is -0.913. The molecule has 0 spiro atoms. The second kappa shape index (κ2) is 9.91. The summed E-state index contributed by atoms with van der Waals surface area (Å²) >= 11 is 0. The van der Waals surface area contributed by atoms with Crippen molar-refractivity contribution in [2.45, 2.75) is 52.6 Å². The monoisotopic (exact) mass is 300 g/mol. The van der Waals surface area contributed by atoms with Crippen molar-refractivity contribution in [2.75, 3.05) is 13.2 Å². The molecule has 0 rings (SSSR count). The SMILES string of the molecule is CCOC(C/C=C\C(=C/[Si](C)(C)C)CC(=O)O)OCC. The second-order valence-corrected chi connectivity index (χ2v) is 10.7. The molecule has 5 heteroatoms. The van der Waals surface area contributed by atoms with E-state index in [-0.39, 0.29) is 12.7 Å². The van der Waals surface area contributed by atoms with Gasteiger partial charge in [0.15, 0.2) is 6.29 Å². The van der Waals surface area contributed by atoms with Crippen molar-refractivity contribution in [1.29, 1.82) is 0 Å². The quantitative estimate of drug-likeness (QED) is 0.380. The molecule has 0 atom stereocenters. The Bertz CT molecular complexity index is 336. The molecule has 0 heterocycles. The third-order valence-corrected chi connectivity index (χ3v) is 3.58. The Morgan fingerprint density at radius 1 is 1.20 bits per heavy atom. The highest BCUT2D eigenvalue weighted by molar-refractivity contribution is 6.81. The third-order valence-electron chi connectivity index (χ3n) is 2.34. The molecule has 0 aromatic heterocycles. The minimum Gasteiger partial charge on any atom is -0.481 e. The molecule has 20 heavy (non-hydrogen) atoms. The predicted octanol–water partition coefficient (Wildman–Crippen LogP) is 3.61. The molecule has 4 nitrogen and oxygen atoms in total. The van der Waals surface area contributed by atoms with Crippen LogP contribution in [0.1, 0.15) is 26.7 Å². The van der Waals surface area contributed by atoms with E-state index in [1.807, 2.05) is 26.0 Å². The van der Waals surface area contributed by atoms with Crippen molar-refractivity contribution in [1.82, 2.24) is 0 Å². The third kappa shape index (κ3) is 11.0. The average molecular weight is 300 g/mol. The topological polar surface area (TPSA) is 55.8 Å². The van der Waals surface area contributed by atoms with E-state index in [1.165, 1.54) is 0 Å². The average Bonchev–Trinajstić information content (AvgIpc) is 2.26. The standard InChI is InChI=1S/C15H28O4Si/c1-6-18-15(19-7-2)10-8-9-13(11-14(16)17)12-20(3,4)5/h8-9,12,15H,6-7,10-11H2,1-5H3,(H,16,17)/b9-8-,13-12+. The lowest BCUT2D eigenvalue weighted by Crippen LogP contribution is -2.17. The van der Waals surface area contributed by atoms with Crippen molar-refractivity contribution >= 4 is 14.0 Å². The van der Waals surface area contributed by atoms with Gasteiger partial charge in [-0.1, -0.05) is 37.5 Å². The Kier molecular flexibility index (Phi) is 9.46. The fraction of sp³-hybridized carbons (Fsp3) is 0.667. The molecule has 0 aliphatic rings. The van der Waals surface area contributed by atoms with Crippen molar-refractivity contribution in [3.05, 3.63) is 23.4 Å². The first-order valence-corrected chi connectivity index (χ1v) is 10.7. The molecule has 0 aliphatic heterocycles. The van der Waals surface area contributed by atoms with Crippen LogP contribution in [0.2, 0.25) is 19.6 Å². The van der Waals surface area contributed by atoms with E-state index in [2.05, 4.69) is 25.3 Å². The largest absolute Gasteiger partial charge is 0.481 e. The van der Waals surface area contributed by atoms with Crippen molar-refractivity contribution in [3.8, 4) is 0 Å². The van der Waals surface area contributed by atoms with Crippen LogP contribution in [-0.2, 0) is 14.3 Å². The summed E-state index contributed by atoms with van der Waals surface area (Å²) in [6.45, 7) is 11.6. The molecule has 0 saturated carbocycles. The normalized spacial score (nSPS) is 13.4. The lowest BCUT2D eigenvalue weighted by atomic mass is 10.2. The molecule has 0 aromatic rings. The Balaban J connectivity index is 4.67. The molecule has 0 radical (unpaired) electrons. The fourth-order valence-corrected chi connectivity index (χ4v) is 3.09. The molecule has 0 fully saturated rings. The summed E-state index contributed by atoms with van der Waals surface area (Å²) in [6.07, 6.45) is 4.26. The molecular formula is C15H28O4Si. The van der Waals surface area contributed by atoms with Crippen LogP contribution >= 0.6 is 0 Å². The van der Waals surface area contributed by atoms with Crippen molar-refractivity contribution in [2.24, 2.45) is 0 Å². The number of carbonyl (C=O) groups is 1. The van der Waals surface area contributed by atoms with Crippen LogP contribution in [0.15, 0.2) is 23.4 Å². The van der Waals surface area contributed by atoms with Gasteiger partial charge in [-0.15, -0.1) is 0 Å². The van der Waals surface area contributed by atoms with E-state index in [0.29, 0.717) is 19.6 Å². The fourth-order valence-electron chi connectivity index (χ4n) is 1.78. The zero-order valence-electron chi connectivity index (χ0n) is 13.3. The predicted molar refractivity (Wildman–Crippen MR) is 84.5 cm³/mol. The number of rotatable bonds is 10. The molecule has 1 N–H and O–H groups in total. The summed E-state index contributed by atoms with van der Waals surface area (Å²) in [5, 5.41) is 8.95. The highest BCUT2D eigenvalue weighted by atomic mass is 28.3. The molecule has 0 aliphatic carbocycles. The number of carboxylic acid groups (broad SMARTS) is 1. The van der Waals surface area contributed by atoms with Gasteiger partial charge in [-0.3, -0.25) is 4.79 Å². The van der Waals surface area contributed by atoms with Gasteiger partial charge in [0, 0.05) is 19.6 Å². The number of allylic oxidation sites excluding steroid dienone is 1. The van der Waals surface area contributed by atoms with Gasteiger partial charge in [-0.2, -0.15) is 0 Å². The molecule has 0 bridgehead atoms. The molecule has 0 aromatic carbocycles. The minimum absolute atomic E-state index is 0.0642. The van der Waals surface area contributed by atoms with Gasteiger partial charge in [0.25, 0.3) is 0 Å². The Morgan fingerprint density at radius 3 is 2.15 bits per heavy atom. The Morgan fingerprint density at radius 2 is 1.75 bits per heavy atom. The number of ether oxygens (including phenoxy) is 2. The van der Waals surface area contributed by atoms with Gasteiger partial charge in [-0.05, 0) is 19.4 Å². The van der Waals surface area contributed by atoms with Crippen molar-refractivity contribution in [3.63, 3.8) is 0 Å². The van der Waals surface area contributed by atoms with Gasteiger partial charge in [0.05, 0.1) is 14.5 Å². The number of hydrogen-bond donors (Lipinski definition) is 1. The van der Waals surface area contributed by atoms with Crippen LogP contribution in [0.5, 0.6) is 0 Å². The number of carboxylic acids is 1. The summed E-state index contributed by atoms with van der Waals surface area (Å²) in [5.41, 5.74) is 2.98. The zero-order chi connectivity index (χ0) is 15.6. The van der Waals surface area contributed by atoms with Gasteiger partial charge in [0.1, 0.15) is 0 Å².